The third-order valence-electron chi connectivity index (χ3n) is 3.02. The van der Waals surface area contributed by atoms with E-state index >= 15 is 0 Å². The fourth-order valence-electron chi connectivity index (χ4n) is 1.82. The second-order valence-electron chi connectivity index (χ2n) is 4.24. The maximum atomic E-state index is 6.11. The molecule has 0 amide bonds. The van der Waals surface area contributed by atoms with E-state index in [1.807, 2.05) is 26.0 Å². The van der Waals surface area contributed by atoms with Gasteiger partial charge in [-0.05, 0) is 41.9 Å². The van der Waals surface area contributed by atoms with E-state index in [0.29, 0.717) is 22.5 Å². The molecule has 0 radical (unpaired) electrons. The molecule has 0 N–H and O–H groups in total. The molecule has 1 aliphatic heterocycles. The first-order valence-electron chi connectivity index (χ1n) is 5.66. The van der Waals surface area contributed by atoms with Gasteiger partial charge in [0.15, 0.2) is 17.3 Å². The van der Waals surface area contributed by atoms with Crippen LogP contribution in [0.4, 0.5) is 0 Å². The van der Waals surface area contributed by atoms with Gasteiger partial charge in [0, 0.05) is 16.8 Å². The average molecular weight is 342 g/mol. The number of hydrogen-bond donors (Lipinski definition) is 0. The highest BCUT2D eigenvalue weighted by Gasteiger charge is 2.20. The SMILES string of the molecule is Cc1nc(-c2cc(Br)c3c(c2)OCO3)nc(Cl)c1C. The fraction of sp³-hybridized carbons (Fsp3) is 0.231. The molecule has 19 heavy (non-hydrogen) atoms. The molecule has 2 aromatic rings. The zero-order valence-corrected chi connectivity index (χ0v) is 12.7. The van der Waals surface area contributed by atoms with E-state index in [2.05, 4.69) is 25.9 Å². The van der Waals surface area contributed by atoms with Crippen molar-refractivity contribution >= 4 is 27.5 Å². The maximum absolute atomic E-state index is 6.11. The van der Waals surface area contributed by atoms with Gasteiger partial charge in [-0.1, -0.05) is 11.6 Å². The maximum Gasteiger partial charge on any atom is 0.231 e. The van der Waals surface area contributed by atoms with Crippen LogP contribution in [0.3, 0.4) is 0 Å². The Morgan fingerprint density at radius 1 is 1.21 bits per heavy atom. The number of halogens is 2. The van der Waals surface area contributed by atoms with Crippen molar-refractivity contribution in [3.8, 4) is 22.9 Å². The zero-order valence-electron chi connectivity index (χ0n) is 10.3. The summed E-state index contributed by atoms with van der Waals surface area (Å²) in [5, 5.41) is 0.469. The van der Waals surface area contributed by atoms with Crippen LogP contribution in [0.15, 0.2) is 16.6 Å². The number of fused-ring (bicyclic) bond motifs is 1. The van der Waals surface area contributed by atoms with Crippen LogP contribution in [0, 0.1) is 13.8 Å². The van der Waals surface area contributed by atoms with Gasteiger partial charge in [0.1, 0.15) is 5.15 Å². The van der Waals surface area contributed by atoms with E-state index in [0.717, 1.165) is 21.3 Å². The van der Waals surface area contributed by atoms with Crippen molar-refractivity contribution in [2.24, 2.45) is 0 Å². The van der Waals surface area contributed by atoms with Gasteiger partial charge >= 0.3 is 0 Å². The third kappa shape index (κ3) is 2.17. The molecule has 0 fully saturated rings. The highest BCUT2D eigenvalue weighted by atomic mass is 79.9. The Hall–Kier alpha value is -1.33. The molecule has 0 aliphatic carbocycles. The first-order valence-corrected chi connectivity index (χ1v) is 6.83. The van der Waals surface area contributed by atoms with E-state index < -0.39 is 0 Å². The lowest BCUT2D eigenvalue weighted by molar-refractivity contribution is 0.173. The molecular weight excluding hydrogens is 332 g/mol. The highest BCUT2D eigenvalue weighted by molar-refractivity contribution is 9.10. The van der Waals surface area contributed by atoms with E-state index in [1.54, 1.807) is 0 Å². The van der Waals surface area contributed by atoms with Gasteiger partial charge in [0.05, 0.1) is 4.47 Å². The molecule has 2 heterocycles. The summed E-state index contributed by atoms with van der Waals surface area (Å²) in [7, 11) is 0. The summed E-state index contributed by atoms with van der Waals surface area (Å²) in [6.07, 6.45) is 0. The summed E-state index contributed by atoms with van der Waals surface area (Å²) in [6.45, 7) is 4.04. The molecule has 0 bridgehead atoms. The molecule has 98 valence electrons. The Morgan fingerprint density at radius 2 is 2.00 bits per heavy atom. The molecule has 0 unspecified atom stereocenters. The summed E-state index contributed by atoms with van der Waals surface area (Å²) < 4.78 is 11.6. The van der Waals surface area contributed by atoms with Crippen LogP contribution in [0.5, 0.6) is 11.5 Å². The molecule has 4 nitrogen and oxygen atoms in total. The number of aromatic nitrogens is 2. The van der Waals surface area contributed by atoms with Crippen molar-refractivity contribution in [1.29, 1.82) is 0 Å². The zero-order chi connectivity index (χ0) is 13.6. The molecule has 1 aromatic heterocycles. The van der Waals surface area contributed by atoms with Crippen molar-refractivity contribution in [2.75, 3.05) is 6.79 Å². The van der Waals surface area contributed by atoms with Crippen molar-refractivity contribution in [3.05, 3.63) is 33.0 Å². The number of aryl methyl sites for hydroxylation is 1. The van der Waals surface area contributed by atoms with Crippen LogP contribution in [-0.2, 0) is 0 Å². The highest BCUT2D eigenvalue weighted by Crippen LogP contribution is 2.42. The van der Waals surface area contributed by atoms with Gasteiger partial charge < -0.3 is 9.47 Å². The Bertz CT molecular complexity index is 653. The first kappa shape index (κ1) is 12.7. The number of hydrogen-bond acceptors (Lipinski definition) is 4. The van der Waals surface area contributed by atoms with Crippen LogP contribution < -0.4 is 9.47 Å². The largest absolute Gasteiger partial charge is 0.454 e. The standard InChI is InChI=1S/C13H10BrClN2O2/c1-6-7(2)16-13(17-12(6)15)8-3-9(14)11-10(4-8)18-5-19-11/h3-4H,5H2,1-2H3. The Balaban J connectivity index is 2.15. The van der Waals surface area contributed by atoms with Crippen molar-refractivity contribution in [1.82, 2.24) is 9.97 Å². The van der Waals surface area contributed by atoms with Gasteiger partial charge in [0.25, 0.3) is 0 Å². The lowest BCUT2D eigenvalue weighted by atomic mass is 10.1. The number of rotatable bonds is 1. The summed E-state index contributed by atoms with van der Waals surface area (Å²) in [5.41, 5.74) is 2.59. The Labute approximate surface area is 123 Å². The van der Waals surface area contributed by atoms with Crippen LogP contribution in [-0.4, -0.2) is 16.8 Å². The van der Waals surface area contributed by atoms with E-state index in [9.17, 15) is 0 Å². The first-order chi connectivity index (χ1) is 9.06. The monoisotopic (exact) mass is 340 g/mol. The van der Waals surface area contributed by atoms with Crippen molar-refractivity contribution in [2.45, 2.75) is 13.8 Å². The van der Waals surface area contributed by atoms with Gasteiger partial charge in [0.2, 0.25) is 6.79 Å². The fourth-order valence-corrected chi connectivity index (χ4v) is 2.59. The molecule has 0 spiro atoms. The van der Waals surface area contributed by atoms with Crippen LogP contribution in [0.2, 0.25) is 5.15 Å². The Kier molecular flexibility index (Phi) is 3.11. The van der Waals surface area contributed by atoms with Gasteiger partial charge in [-0.15, -0.1) is 0 Å². The number of ether oxygens (including phenoxy) is 2. The predicted octanol–water partition coefficient (Wildman–Crippen LogP) is 3.91. The minimum absolute atomic E-state index is 0.228. The minimum Gasteiger partial charge on any atom is -0.454 e. The lowest BCUT2D eigenvalue weighted by Gasteiger charge is -2.07. The summed E-state index contributed by atoms with van der Waals surface area (Å²) in [4.78, 5) is 8.77. The topological polar surface area (TPSA) is 44.2 Å². The quantitative estimate of drug-likeness (QED) is 0.738. The molecule has 3 rings (SSSR count). The molecule has 6 heteroatoms. The molecule has 0 atom stereocenters. The second kappa shape index (κ2) is 4.65. The van der Waals surface area contributed by atoms with Gasteiger partial charge in [-0.2, -0.15) is 0 Å². The van der Waals surface area contributed by atoms with Crippen LogP contribution >= 0.6 is 27.5 Å². The van der Waals surface area contributed by atoms with E-state index in [4.69, 9.17) is 21.1 Å². The molecule has 1 aliphatic rings. The average Bonchev–Trinajstić information content (AvgIpc) is 2.84. The van der Waals surface area contributed by atoms with Crippen molar-refractivity contribution in [3.63, 3.8) is 0 Å². The van der Waals surface area contributed by atoms with Gasteiger partial charge in [-0.25, -0.2) is 9.97 Å². The van der Waals surface area contributed by atoms with Gasteiger partial charge in [-0.3, -0.25) is 0 Å². The third-order valence-corrected chi connectivity index (χ3v) is 3.97. The lowest BCUT2D eigenvalue weighted by Crippen LogP contribution is -1.96. The minimum atomic E-state index is 0.228. The molecule has 1 aromatic carbocycles. The number of benzene rings is 1. The normalized spacial score (nSPS) is 12.8. The summed E-state index contributed by atoms with van der Waals surface area (Å²) >= 11 is 9.56. The van der Waals surface area contributed by atoms with E-state index in [-0.39, 0.29) is 6.79 Å². The van der Waals surface area contributed by atoms with E-state index in [1.165, 1.54) is 0 Å². The molecule has 0 saturated carbocycles. The van der Waals surface area contributed by atoms with Crippen LogP contribution in [0.1, 0.15) is 11.3 Å². The molecular formula is C13H10BrClN2O2. The number of nitrogens with zero attached hydrogens (tertiary/aromatic N) is 2. The smallest absolute Gasteiger partial charge is 0.231 e. The summed E-state index contributed by atoms with van der Waals surface area (Å²) in [6, 6.07) is 3.75. The summed E-state index contributed by atoms with van der Waals surface area (Å²) in [5.74, 6) is 1.97. The predicted molar refractivity (Wildman–Crippen MR) is 75.8 cm³/mol. The molecule has 0 saturated heterocycles. The Morgan fingerprint density at radius 3 is 2.74 bits per heavy atom. The second-order valence-corrected chi connectivity index (χ2v) is 5.45. The van der Waals surface area contributed by atoms with Crippen molar-refractivity contribution < 1.29 is 9.47 Å². The van der Waals surface area contributed by atoms with Crippen LogP contribution in [0.25, 0.3) is 11.4 Å².